The van der Waals surface area contributed by atoms with Crippen molar-refractivity contribution in [3.63, 3.8) is 0 Å². The third kappa shape index (κ3) is 19.1. The van der Waals surface area contributed by atoms with E-state index < -0.39 is 0 Å². The predicted molar refractivity (Wildman–Crippen MR) is 103 cm³/mol. The van der Waals surface area contributed by atoms with Crippen molar-refractivity contribution >= 4 is 11.9 Å². The molecule has 4 heteroatoms. The van der Waals surface area contributed by atoms with E-state index in [0.29, 0.717) is 32.5 Å². The van der Waals surface area contributed by atoms with E-state index in [1.54, 1.807) is 0 Å². The second kappa shape index (κ2) is 19.3. The summed E-state index contributed by atoms with van der Waals surface area (Å²) >= 11 is 0. The molecule has 0 heterocycles. The largest absolute Gasteiger partial charge is 0.466 e. The van der Waals surface area contributed by atoms with Crippen LogP contribution < -0.4 is 0 Å². The Bertz CT molecular complexity index is 285. The van der Waals surface area contributed by atoms with Crippen LogP contribution in [-0.2, 0) is 19.1 Å². The summed E-state index contributed by atoms with van der Waals surface area (Å²) < 4.78 is 10.4. The molecule has 148 valence electrons. The van der Waals surface area contributed by atoms with E-state index >= 15 is 0 Å². The van der Waals surface area contributed by atoms with Crippen molar-refractivity contribution in [2.45, 2.75) is 110 Å². The van der Waals surface area contributed by atoms with E-state index in [0.717, 1.165) is 25.7 Å². The van der Waals surface area contributed by atoms with Gasteiger partial charge in [0.15, 0.2) is 0 Å². The highest BCUT2D eigenvalue weighted by molar-refractivity contribution is 5.72. The summed E-state index contributed by atoms with van der Waals surface area (Å²) in [4.78, 5) is 23.1. The number of carbonyl (C=O) groups excluding carboxylic acids is 2. The lowest BCUT2D eigenvalue weighted by Gasteiger charge is -2.06. The number of ether oxygens (including phenoxy) is 2. The number of unbranched alkanes of at least 4 members (excludes halogenated alkanes) is 10. The molecule has 0 aromatic heterocycles. The van der Waals surface area contributed by atoms with Crippen LogP contribution in [0.3, 0.4) is 0 Å². The minimum Gasteiger partial charge on any atom is -0.466 e. The van der Waals surface area contributed by atoms with Gasteiger partial charge in [-0.2, -0.15) is 0 Å². The lowest BCUT2D eigenvalue weighted by atomic mass is 10.1. The van der Waals surface area contributed by atoms with Crippen molar-refractivity contribution < 1.29 is 19.1 Å². The normalized spacial score (nSPS) is 10.6. The number of esters is 2. The number of hydrogen-bond acceptors (Lipinski definition) is 4. The van der Waals surface area contributed by atoms with Crippen LogP contribution in [0.15, 0.2) is 0 Å². The molecule has 0 aliphatic carbocycles. The molecule has 0 N–H and O–H groups in total. The van der Waals surface area contributed by atoms with Crippen molar-refractivity contribution in [2.24, 2.45) is 0 Å². The van der Waals surface area contributed by atoms with Gasteiger partial charge in [0.1, 0.15) is 0 Å². The average molecular weight is 357 g/mol. The molecule has 0 spiro atoms. The molecule has 0 radical (unpaired) electrons. The molecule has 0 aromatic rings. The predicted octanol–water partition coefficient (Wildman–Crippen LogP) is 5.96. The van der Waals surface area contributed by atoms with Crippen molar-refractivity contribution in [1.29, 1.82) is 0 Å². The second-order valence-electron chi connectivity index (χ2n) is 6.83. The molecule has 0 fully saturated rings. The van der Waals surface area contributed by atoms with E-state index in [2.05, 4.69) is 13.8 Å². The zero-order chi connectivity index (χ0) is 18.6. The first-order valence-corrected chi connectivity index (χ1v) is 10.5. The third-order valence-electron chi connectivity index (χ3n) is 4.28. The summed E-state index contributed by atoms with van der Waals surface area (Å²) in [6.45, 7) is 5.42. The van der Waals surface area contributed by atoms with Crippen LogP contribution in [0.4, 0.5) is 0 Å². The topological polar surface area (TPSA) is 52.6 Å². The van der Waals surface area contributed by atoms with Gasteiger partial charge >= 0.3 is 11.9 Å². The van der Waals surface area contributed by atoms with Crippen molar-refractivity contribution in [1.82, 2.24) is 0 Å². The van der Waals surface area contributed by atoms with Gasteiger partial charge in [-0.1, -0.05) is 78.1 Å². The van der Waals surface area contributed by atoms with Gasteiger partial charge in [0.25, 0.3) is 0 Å². The van der Waals surface area contributed by atoms with E-state index in [1.807, 2.05) is 0 Å². The van der Waals surface area contributed by atoms with Crippen LogP contribution in [0.2, 0.25) is 0 Å². The molecule has 0 aliphatic rings. The number of carbonyl (C=O) groups is 2. The zero-order valence-electron chi connectivity index (χ0n) is 16.7. The van der Waals surface area contributed by atoms with E-state index in [-0.39, 0.29) is 11.9 Å². The van der Waals surface area contributed by atoms with Crippen molar-refractivity contribution in [2.75, 3.05) is 13.2 Å². The summed E-state index contributed by atoms with van der Waals surface area (Å²) in [5.41, 5.74) is 0. The lowest BCUT2D eigenvalue weighted by Crippen LogP contribution is -2.09. The minimum atomic E-state index is -0.197. The van der Waals surface area contributed by atoms with Crippen LogP contribution >= 0.6 is 0 Å². The Balaban J connectivity index is 3.32. The molecule has 0 saturated carbocycles. The van der Waals surface area contributed by atoms with Gasteiger partial charge in [-0.15, -0.1) is 0 Å². The SMILES string of the molecule is CCCCCCCCOC(=O)CCCC(=O)OCCCCCCCC. The van der Waals surface area contributed by atoms with Gasteiger partial charge in [-0.3, -0.25) is 9.59 Å². The first-order valence-electron chi connectivity index (χ1n) is 10.5. The summed E-state index contributed by atoms with van der Waals surface area (Å²) in [5, 5.41) is 0. The first-order chi connectivity index (χ1) is 12.2. The number of rotatable bonds is 18. The van der Waals surface area contributed by atoms with Crippen molar-refractivity contribution in [3.05, 3.63) is 0 Å². The standard InChI is InChI=1S/C21H40O4/c1-3-5-7-9-11-13-18-24-20(22)16-15-17-21(23)25-19-14-12-10-8-6-4-2/h3-19H2,1-2H3. The lowest BCUT2D eigenvalue weighted by molar-refractivity contribution is -0.145. The summed E-state index contributed by atoms with van der Waals surface area (Å²) in [6, 6.07) is 0. The van der Waals surface area contributed by atoms with Crippen LogP contribution in [0.25, 0.3) is 0 Å². The Labute approximate surface area is 155 Å². The van der Waals surface area contributed by atoms with Crippen molar-refractivity contribution in [3.8, 4) is 0 Å². The Morgan fingerprint density at radius 1 is 0.520 bits per heavy atom. The van der Waals surface area contributed by atoms with Gasteiger partial charge in [0.05, 0.1) is 13.2 Å². The van der Waals surface area contributed by atoms with Gasteiger partial charge in [-0.05, 0) is 19.3 Å². The fourth-order valence-corrected chi connectivity index (χ4v) is 2.66. The highest BCUT2D eigenvalue weighted by atomic mass is 16.5. The Hall–Kier alpha value is -1.06. The Morgan fingerprint density at radius 2 is 0.880 bits per heavy atom. The minimum absolute atomic E-state index is 0.197. The molecule has 0 aliphatic heterocycles. The quantitative estimate of drug-likeness (QED) is 0.224. The van der Waals surface area contributed by atoms with Gasteiger partial charge < -0.3 is 9.47 Å². The maximum atomic E-state index is 11.6. The van der Waals surface area contributed by atoms with Gasteiger partial charge in [0.2, 0.25) is 0 Å². The van der Waals surface area contributed by atoms with E-state index in [9.17, 15) is 9.59 Å². The third-order valence-corrected chi connectivity index (χ3v) is 4.28. The van der Waals surface area contributed by atoms with Crippen LogP contribution in [0.5, 0.6) is 0 Å². The Kier molecular flexibility index (Phi) is 18.5. The first kappa shape index (κ1) is 23.9. The summed E-state index contributed by atoms with van der Waals surface area (Å²) in [5.74, 6) is -0.394. The maximum absolute atomic E-state index is 11.6. The molecule has 0 rings (SSSR count). The van der Waals surface area contributed by atoms with Gasteiger partial charge in [0, 0.05) is 12.8 Å². The molecule has 0 atom stereocenters. The second-order valence-corrected chi connectivity index (χ2v) is 6.83. The Morgan fingerprint density at radius 3 is 1.28 bits per heavy atom. The molecule has 4 nitrogen and oxygen atoms in total. The van der Waals surface area contributed by atoms with Crippen LogP contribution in [-0.4, -0.2) is 25.2 Å². The van der Waals surface area contributed by atoms with E-state index in [1.165, 1.54) is 51.4 Å². The smallest absolute Gasteiger partial charge is 0.305 e. The van der Waals surface area contributed by atoms with E-state index in [4.69, 9.17) is 9.47 Å². The van der Waals surface area contributed by atoms with Crippen LogP contribution in [0.1, 0.15) is 110 Å². The average Bonchev–Trinajstić information content (AvgIpc) is 2.60. The van der Waals surface area contributed by atoms with Crippen LogP contribution in [0, 0.1) is 0 Å². The fourth-order valence-electron chi connectivity index (χ4n) is 2.66. The molecule has 0 saturated heterocycles. The fraction of sp³-hybridized carbons (Fsp3) is 0.905. The summed E-state index contributed by atoms with van der Waals surface area (Å²) in [7, 11) is 0. The highest BCUT2D eigenvalue weighted by Gasteiger charge is 2.07. The van der Waals surface area contributed by atoms with Gasteiger partial charge in [-0.25, -0.2) is 0 Å². The molecule has 0 unspecified atom stereocenters. The zero-order valence-corrected chi connectivity index (χ0v) is 16.7. The molecular formula is C21H40O4. The highest BCUT2D eigenvalue weighted by Crippen LogP contribution is 2.07. The molecule has 0 bridgehead atoms. The molecular weight excluding hydrogens is 316 g/mol. The molecule has 0 amide bonds. The molecule has 25 heavy (non-hydrogen) atoms. The summed E-state index contributed by atoms with van der Waals surface area (Å²) in [6.07, 6.45) is 15.3. The molecule has 0 aromatic carbocycles. The number of hydrogen-bond donors (Lipinski definition) is 0. The maximum Gasteiger partial charge on any atom is 0.305 e. The monoisotopic (exact) mass is 356 g/mol.